The fraction of sp³-hybridized carbons (Fsp3) is 0.533. The van der Waals surface area contributed by atoms with Crippen LogP contribution in [0.1, 0.15) is 20.3 Å². The summed E-state index contributed by atoms with van der Waals surface area (Å²) < 4.78 is 42.6. The highest BCUT2D eigenvalue weighted by atomic mass is 32.2. The molecule has 0 saturated heterocycles. The minimum atomic E-state index is -3.98. The molecule has 0 aliphatic heterocycles. The van der Waals surface area contributed by atoms with Gasteiger partial charge < -0.3 is 10.1 Å². The van der Waals surface area contributed by atoms with Crippen molar-refractivity contribution < 1.29 is 22.3 Å². The van der Waals surface area contributed by atoms with E-state index in [1.54, 1.807) is 0 Å². The molecule has 124 valence electrons. The summed E-state index contributed by atoms with van der Waals surface area (Å²) in [4.78, 5) is 11.2. The Morgan fingerprint density at radius 1 is 1.27 bits per heavy atom. The molecule has 7 heteroatoms. The van der Waals surface area contributed by atoms with Crippen molar-refractivity contribution in [1.29, 1.82) is 0 Å². The number of halogens is 1. The van der Waals surface area contributed by atoms with Gasteiger partial charge in [0.25, 0.3) is 0 Å². The molecule has 5 nitrogen and oxygen atoms in total. The molecule has 0 atom stereocenters. The lowest BCUT2D eigenvalue weighted by Crippen LogP contribution is -2.33. The Morgan fingerprint density at radius 2 is 1.95 bits per heavy atom. The van der Waals surface area contributed by atoms with Gasteiger partial charge in [-0.1, -0.05) is 26.0 Å². The molecule has 22 heavy (non-hydrogen) atoms. The molecule has 0 unspecified atom stereocenters. The van der Waals surface area contributed by atoms with Gasteiger partial charge >= 0.3 is 0 Å². The van der Waals surface area contributed by atoms with Crippen LogP contribution in [-0.2, 0) is 19.4 Å². The number of nitrogens with one attached hydrogen (secondary N) is 1. The first kappa shape index (κ1) is 18.6. The number of ether oxygens (including phenoxy) is 1. The largest absolute Gasteiger partial charge is 0.380 e. The van der Waals surface area contributed by atoms with Gasteiger partial charge in [0.15, 0.2) is 9.84 Å². The van der Waals surface area contributed by atoms with E-state index >= 15 is 0 Å². The second-order valence-electron chi connectivity index (χ2n) is 5.33. The second-order valence-corrected chi connectivity index (χ2v) is 7.29. The van der Waals surface area contributed by atoms with Gasteiger partial charge in [0.2, 0.25) is 5.91 Å². The number of amides is 1. The molecule has 1 rings (SSSR count). The lowest BCUT2D eigenvalue weighted by Gasteiger charge is -2.08. The normalized spacial score (nSPS) is 11.6. The van der Waals surface area contributed by atoms with Gasteiger partial charge in [0.05, 0.1) is 6.61 Å². The van der Waals surface area contributed by atoms with Gasteiger partial charge in [-0.15, -0.1) is 0 Å². The number of hydrogen-bond acceptors (Lipinski definition) is 4. The number of benzene rings is 1. The van der Waals surface area contributed by atoms with Crippen LogP contribution in [0.5, 0.6) is 0 Å². The summed E-state index contributed by atoms with van der Waals surface area (Å²) in [5.74, 6) is -1.76. The van der Waals surface area contributed by atoms with Crippen molar-refractivity contribution in [3.8, 4) is 0 Å². The third kappa shape index (κ3) is 6.53. The first-order valence-corrected chi connectivity index (χ1v) is 8.80. The molecular weight excluding hydrogens is 309 g/mol. The minimum Gasteiger partial charge on any atom is -0.380 e. The van der Waals surface area contributed by atoms with Gasteiger partial charge in [0.1, 0.15) is 16.5 Å². The number of rotatable bonds is 9. The Balaban J connectivity index is 2.37. The lowest BCUT2D eigenvalue weighted by atomic mass is 10.1. The van der Waals surface area contributed by atoms with Crippen molar-refractivity contribution in [3.63, 3.8) is 0 Å². The number of carbonyl (C=O) groups is 1. The Kier molecular flexibility index (Phi) is 7.47. The average Bonchev–Trinajstić information content (AvgIpc) is 2.42. The topological polar surface area (TPSA) is 72.5 Å². The SMILES string of the molecule is CC(C)CCOCCNC(=O)CS(=O)(=O)c1ccccc1F. The number of sulfone groups is 1. The predicted molar refractivity (Wildman–Crippen MR) is 81.7 cm³/mol. The van der Waals surface area contributed by atoms with Crippen LogP contribution in [0, 0.1) is 11.7 Å². The van der Waals surface area contributed by atoms with Gasteiger partial charge in [-0.25, -0.2) is 12.8 Å². The molecule has 0 aromatic heterocycles. The molecule has 1 amide bonds. The van der Waals surface area contributed by atoms with Crippen molar-refractivity contribution in [2.75, 3.05) is 25.5 Å². The van der Waals surface area contributed by atoms with E-state index in [9.17, 15) is 17.6 Å². The maximum absolute atomic E-state index is 13.5. The second kappa shape index (κ2) is 8.85. The zero-order valence-electron chi connectivity index (χ0n) is 12.8. The Bertz CT molecular complexity index is 587. The smallest absolute Gasteiger partial charge is 0.235 e. The molecule has 0 bridgehead atoms. The maximum Gasteiger partial charge on any atom is 0.235 e. The summed E-state index contributed by atoms with van der Waals surface area (Å²) in [6, 6.07) is 5.00. The molecule has 0 saturated carbocycles. The van der Waals surface area contributed by atoms with E-state index in [2.05, 4.69) is 19.2 Å². The van der Waals surface area contributed by atoms with Crippen LogP contribution in [0.4, 0.5) is 4.39 Å². The number of hydrogen-bond donors (Lipinski definition) is 1. The van der Waals surface area contributed by atoms with Crippen LogP contribution >= 0.6 is 0 Å². The third-order valence-electron chi connectivity index (χ3n) is 2.90. The summed E-state index contributed by atoms with van der Waals surface area (Å²) >= 11 is 0. The summed E-state index contributed by atoms with van der Waals surface area (Å²) in [6.45, 7) is 5.31. The van der Waals surface area contributed by atoms with Crippen LogP contribution < -0.4 is 5.32 Å². The molecule has 0 fully saturated rings. The first-order valence-electron chi connectivity index (χ1n) is 7.14. The highest BCUT2D eigenvalue weighted by Gasteiger charge is 2.22. The van der Waals surface area contributed by atoms with Gasteiger partial charge in [-0.3, -0.25) is 4.79 Å². The molecule has 0 heterocycles. The van der Waals surface area contributed by atoms with Crippen LogP contribution in [0.2, 0.25) is 0 Å². The fourth-order valence-corrected chi connectivity index (χ4v) is 2.94. The average molecular weight is 331 g/mol. The maximum atomic E-state index is 13.5. The highest BCUT2D eigenvalue weighted by Crippen LogP contribution is 2.14. The van der Waals surface area contributed by atoms with Crippen LogP contribution in [0.15, 0.2) is 29.2 Å². The van der Waals surface area contributed by atoms with E-state index < -0.39 is 32.2 Å². The van der Waals surface area contributed by atoms with Crippen LogP contribution in [-0.4, -0.2) is 39.8 Å². The van der Waals surface area contributed by atoms with Crippen molar-refractivity contribution in [2.24, 2.45) is 5.92 Å². The van der Waals surface area contributed by atoms with Crippen molar-refractivity contribution in [2.45, 2.75) is 25.2 Å². The first-order chi connectivity index (χ1) is 10.3. The molecule has 0 aliphatic carbocycles. The molecule has 1 N–H and O–H groups in total. The Hall–Kier alpha value is -1.47. The lowest BCUT2D eigenvalue weighted by molar-refractivity contribution is -0.118. The Morgan fingerprint density at radius 3 is 2.59 bits per heavy atom. The quantitative estimate of drug-likeness (QED) is 0.700. The molecular formula is C15H22FNO4S. The van der Waals surface area contributed by atoms with Crippen LogP contribution in [0.25, 0.3) is 0 Å². The molecule has 0 radical (unpaired) electrons. The summed E-state index contributed by atoms with van der Waals surface area (Å²) in [5.41, 5.74) is 0. The standard InChI is InChI=1S/C15H22FNO4S/c1-12(2)7-9-21-10-8-17-15(18)11-22(19,20)14-6-4-3-5-13(14)16/h3-6,12H,7-11H2,1-2H3,(H,17,18). The van der Waals surface area contributed by atoms with E-state index in [0.29, 0.717) is 19.1 Å². The summed E-state index contributed by atoms with van der Waals surface area (Å²) in [7, 11) is -3.98. The van der Waals surface area contributed by atoms with Gasteiger partial charge in [-0.2, -0.15) is 0 Å². The van der Waals surface area contributed by atoms with E-state index in [-0.39, 0.29) is 6.54 Å². The van der Waals surface area contributed by atoms with Crippen molar-refractivity contribution in [1.82, 2.24) is 5.32 Å². The molecule has 0 spiro atoms. The van der Waals surface area contributed by atoms with Gasteiger partial charge in [-0.05, 0) is 24.5 Å². The third-order valence-corrected chi connectivity index (χ3v) is 4.54. The minimum absolute atomic E-state index is 0.226. The van der Waals surface area contributed by atoms with E-state index in [1.807, 2.05) is 0 Å². The Labute approximate surface area is 130 Å². The predicted octanol–water partition coefficient (Wildman–Crippen LogP) is 1.78. The number of carbonyl (C=O) groups excluding carboxylic acids is 1. The zero-order chi connectivity index (χ0) is 16.6. The molecule has 1 aromatic carbocycles. The van der Waals surface area contributed by atoms with E-state index in [1.165, 1.54) is 12.1 Å². The van der Waals surface area contributed by atoms with Crippen molar-refractivity contribution >= 4 is 15.7 Å². The zero-order valence-corrected chi connectivity index (χ0v) is 13.7. The van der Waals surface area contributed by atoms with E-state index in [4.69, 9.17) is 4.74 Å². The monoisotopic (exact) mass is 331 g/mol. The fourth-order valence-electron chi connectivity index (χ4n) is 1.68. The highest BCUT2D eigenvalue weighted by molar-refractivity contribution is 7.92. The molecule has 0 aliphatic rings. The van der Waals surface area contributed by atoms with Gasteiger partial charge in [0, 0.05) is 13.2 Å². The summed E-state index contributed by atoms with van der Waals surface area (Å²) in [6.07, 6.45) is 0.926. The van der Waals surface area contributed by atoms with Crippen molar-refractivity contribution in [3.05, 3.63) is 30.1 Å². The van der Waals surface area contributed by atoms with E-state index in [0.717, 1.165) is 18.6 Å². The summed E-state index contributed by atoms with van der Waals surface area (Å²) in [5, 5.41) is 2.45. The van der Waals surface area contributed by atoms with Crippen LogP contribution in [0.3, 0.4) is 0 Å². The molecule has 1 aromatic rings.